The molecule has 0 saturated carbocycles. The molecule has 0 aliphatic rings. The van der Waals surface area contributed by atoms with Gasteiger partial charge in [0.2, 0.25) is 0 Å². The summed E-state index contributed by atoms with van der Waals surface area (Å²) in [4.78, 5) is 38.4. The number of carbonyl (C=O) groups is 3. The van der Waals surface area contributed by atoms with Crippen LogP contribution in [0.1, 0.15) is 297 Å². The molecule has 6 heteroatoms. The molecule has 0 amide bonds. The van der Waals surface area contributed by atoms with E-state index in [0.717, 1.165) is 141 Å². The molecule has 6 nitrogen and oxygen atoms in total. The van der Waals surface area contributed by atoms with Gasteiger partial charge in [-0.15, -0.1) is 0 Å². The van der Waals surface area contributed by atoms with E-state index in [4.69, 9.17) is 14.2 Å². The fraction of sp³-hybridized carbons (Fsp3) is 0.681. The molecule has 0 spiro atoms. The molecule has 0 radical (unpaired) electrons. The highest BCUT2D eigenvalue weighted by molar-refractivity contribution is 5.71. The van der Waals surface area contributed by atoms with Crippen molar-refractivity contribution < 1.29 is 28.6 Å². The van der Waals surface area contributed by atoms with Gasteiger partial charge >= 0.3 is 17.9 Å². The van der Waals surface area contributed by atoms with Gasteiger partial charge in [-0.3, -0.25) is 14.4 Å². The molecular weight excluding hydrogens is 961 g/mol. The van der Waals surface area contributed by atoms with E-state index in [1.54, 1.807) is 0 Å². The minimum atomic E-state index is -0.797. The van der Waals surface area contributed by atoms with Gasteiger partial charge in [-0.25, -0.2) is 0 Å². The summed E-state index contributed by atoms with van der Waals surface area (Å²) in [5.41, 5.74) is 0. The second-order valence-electron chi connectivity index (χ2n) is 21.3. The van der Waals surface area contributed by atoms with E-state index in [-0.39, 0.29) is 31.1 Å². The molecule has 1 unspecified atom stereocenters. The van der Waals surface area contributed by atoms with Crippen LogP contribution in [0.2, 0.25) is 0 Å². The largest absolute Gasteiger partial charge is 0.462 e. The van der Waals surface area contributed by atoms with E-state index in [1.165, 1.54) is 116 Å². The monoisotopic (exact) mass is 1080 g/mol. The lowest BCUT2D eigenvalue weighted by Gasteiger charge is -2.18. The second kappa shape index (κ2) is 65.3. The highest BCUT2D eigenvalue weighted by atomic mass is 16.6. The number of ether oxygens (including phenoxy) is 3. The highest BCUT2D eigenvalue weighted by Gasteiger charge is 2.19. The average molecular weight is 1080 g/mol. The van der Waals surface area contributed by atoms with Crippen molar-refractivity contribution in [1.29, 1.82) is 0 Å². The molecule has 0 fully saturated rings. The molecule has 0 N–H and O–H groups in total. The first-order valence-electron chi connectivity index (χ1n) is 32.5. The summed E-state index contributed by atoms with van der Waals surface area (Å²) in [5, 5.41) is 0. The standard InChI is InChI=1S/C72H120O6/c1-4-7-10-13-16-19-22-25-28-31-32-33-34-35-36-37-38-39-40-42-44-47-50-53-56-59-62-65-71(74)77-68-69(67-76-70(73)64-61-58-55-52-49-46-43-30-27-24-21-18-15-12-9-6-3)78-72(75)66-63-60-57-54-51-48-45-41-29-26-23-20-17-14-11-8-5-2/h7-8,10-11,16-17,19-20,25-26,28-29,32-33,35-36,38-39,45,48,69H,4-6,9,12-15,18,21-24,27,30-31,34,37,40-44,46-47,49-68H2,1-3H3/b10-7-,11-8-,19-16-,20-17-,28-25-,29-26-,33-32-,36-35-,39-38-,48-45-. The summed E-state index contributed by atoms with van der Waals surface area (Å²) in [6.07, 6.45) is 90.6. The number of allylic oxidation sites excluding steroid dienone is 20. The molecule has 0 aliphatic heterocycles. The normalized spacial score (nSPS) is 12.9. The third-order valence-electron chi connectivity index (χ3n) is 13.7. The molecule has 78 heavy (non-hydrogen) atoms. The van der Waals surface area contributed by atoms with Gasteiger partial charge in [0.25, 0.3) is 0 Å². The lowest BCUT2D eigenvalue weighted by molar-refractivity contribution is -0.167. The van der Waals surface area contributed by atoms with Gasteiger partial charge in [0.05, 0.1) is 0 Å². The Labute approximate surface area is 482 Å². The smallest absolute Gasteiger partial charge is 0.306 e. The van der Waals surface area contributed by atoms with Crippen LogP contribution in [0.3, 0.4) is 0 Å². The lowest BCUT2D eigenvalue weighted by Crippen LogP contribution is -2.30. The number of rotatable bonds is 58. The Morgan fingerprint density at radius 3 is 0.782 bits per heavy atom. The van der Waals surface area contributed by atoms with Crippen molar-refractivity contribution in [3.8, 4) is 0 Å². The number of unbranched alkanes of at least 4 members (excludes halogenated alkanes) is 27. The Kier molecular flexibility index (Phi) is 61.8. The minimum Gasteiger partial charge on any atom is -0.462 e. The van der Waals surface area contributed by atoms with Crippen molar-refractivity contribution in [3.05, 3.63) is 122 Å². The topological polar surface area (TPSA) is 78.9 Å². The van der Waals surface area contributed by atoms with E-state index in [1.807, 2.05) is 0 Å². The Morgan fingerprint density at radius 1 is 0.269 bits per heavy atom. The van der Waals surface area contributed by atoms with Gasteiger partial charge in [-0.1, -0.05) is 290 Å². The van der Waals surface area contributed by atoms with Crippen LogP contribution in [0, 0.1) is 0 Å². The van der Waals surface area contributed by atoms with Crippen molar-refractivity contribution in [2.75, 3.05) is 13.2 Å². The predicted octanol–water partition coefficient (Wildman–Crippen LogP) is 22.4. The molecular formula is C72H120O6. The first kappa shape index (κ1) is 73.8. The Morgan fingerprint density at radius 2 is 0.500 bits per heavy atom. The van der Waals surface area contributed by atoms with E-state index in [2.05, 4.69) is 142 Å². The van der Waals surface area contributed by atoms with Gasteiger partial charge in [0.15, 0.2) is 6.10 Å². The maximum absolute atomic E-state index is 12.9. The molecule has 0 saturated heterocycles. The first-order chi connectivity index (χ1) is 38.5. The zero-order chi connectivity index (χ0) is 56.4. The van der Waals surface area contributed by atoms with E-state index < -0.39 is 6.10 Å². The fourth-order valence-electron chi connectivity index (χ4n) is 8.91. The van der Waals surface area contributed by atoms with Crippen LogP contribution in [0.15, 0.2) is 122 Å². The van der Waals surface area contributed by atoms with Crippen molar-refractivity contribution >= 4 is 17.9 Å². The van der Waals surface area contributed by atoms with E-state index in [9.17, 15) is 14.4 Å². The molecule has 0 aliphatic carbocycles. The Hall–Kier alpha value is -4.19. The summed E-state index contributed by atoms with van der Waals surface area (Å²) < 4.78 is 16.9. The second-order valence-corrected chi connectivity index (χ2v) is 21.3. The quantitative estimate of drug-likeness (QED) is 0.0261. The van der Waals surface area contributed by atoms with Crippen LogP contribution in [0.4, 0.5) is 0 Å². The van der Waals surface area contributed by atoms with E-state index >= 15 is 0 Å². The van der Waals surface area contributed by atoms with Gasteiger partial charge in [-0.05, 0) is 109 Å². The summed E-state index contributed by atoms with van der Waals surface area (Å²) in [6.45, 7) is 6.41. The maximum Gasteiger partial charge on any atom is 0.306 e. The third kappa shape index (κ3) is 62.7. The van der Waals surface area contributed by atoms with Crippen LogP contribution < -0.4 is 0 Å². The third-order valence-corrected chi connectivity index (χ3v) is 13.7. The molecule has 0 bridgehead atoms. The van der Waals surface area contributed by atoms with Crippen molar-refractivity contribution in [3.63, 3.8) is 0 Å². The molecule has 0 aromatic heterocycles. The summed E-state index contributed by atoms with van der Waals surface area (Å²) >= 11 is 0. The van der Waals surface area contributed by atoms with Crippen LogP contribution in [-0.4, -0.2) is 37.2 Å². The van der Waals surface area contributed by atoms with E-state index in [0.29, 0.717) is 19.3 Å². The van der Waals surface area contributed by atoms with Gasteiger partial charge in [0, 0.05) is 19.3 Å². The van der Waals surface area contributed by atoms with Crippen molar-refractivity contribution in [1.82, 2.24) is 0 Å². The number of esters is 3. The zero-order valence-electron chi connectivity index (χ0n) is 50.9. The van der Waals surface area contributed by atoms with Gasteiger partial charge in [-0.2, -0.15) is 0 Å². The summed E-state index contributed by atoms with van der Waals surface area (Å²) in [7, 11) is 0. The number of carbonyl (C=O) groups excluding carboxylic acids is 3. The number of hydrogen-bond acceptors (Lipinski definition) is 6. The predicted molar refractivity (Wildman–Crippen MR) is 339 cm³/mol. The van der Waals surface area contributed by atoms with Gasteiger partial charge < -0.3 is 14.2 Å². The maximum atomic E-state index is 12.9. The van der Waals surface area contributed by atoms with Gasteiger partial charge in [0.1, 0.15) is 13.2 Å². The summed E-state index contributed by atoms with van der Waals surface area (Å²) in [6, 6.07) is 0. The molecule has 0 aromatic rings. The Bertz CT molecular complexity index is 1620. The highest BCUT2D eigenvalue weighted by Crippen LogP contribution is 2.16. The molecule has 1 atom stereocenters. The lowest BCUT2D eigenvalue weighted by atomic mass is 10.0. The van der Waals surface area contributed by atoms with Crippen molar-refractivity contribution in [2.24, 2.45) is 0 Å². The zero-order valence-corrected chi connectivity index (χ0v) is 50.9. The number of hydrogen-bond donors (Lipinski definition) is 0. The van der Waals surface area contributed by atoms with Crippen LogP contribution >= 0.6 is 0 Å². The first-order valence-corrected chi connectivity index (χ1v) is 32.5. The molecule has 0 aromatic carbocycles. The average Bonchev–Trinajstić information content (AvgIpc) is 3.44. The molecule has 444 valence electrons. The molecule has 0 rings (SSSR count). The Balaban J connectivity index is 4.39. The van der Waals surface area contributed by atoms with Crippen LogP contribution in [-0.2, 0) is 28.6 Å². The molecule has 0 heterocycles. The van der Waals surface area contributed by atoms with Crippen molar-refractivity contribution in [2.45, 2.75) is 303 Å². The SMILES string of the molecule is CC/C=C\C/C=C\C/C=C\C/C=C\C/C=C\C/C=C\CCCCCCCCCCC(=O)OCC(COC(=O)CCCCCCCCCCCCCCCCCC)OC(=O)CCCCCC/C=C\C/C=C\C/C=C\C/C=C\CC. The minimum absolute atomic E-state index is 0.0903. The van der Waals surface area contributed by atoms with Crippen LogP contribution in [0.25, 0.3) is 0 Å². The summed E-state index contributed by atoms with van der Waals surface area (Å²) in [5.74, 6) is -0.915. The fourth-order valence-corrected chi connectivity index (χ4v) is 8.91. The van der Waals surface area contributed by atoms with Crippen LogP contribution in [0.5, 0.6) is 0 Å².